The molecular weight excluding hydrogens is 332 g/mol. The molecule has 0 atom stereocenters. The zero-order chi connectivity index (χ0) is 17.1. The Labute approximate surface area is 147 Å². The molecule has 0 aliphatic heterocycles. The Morgan fingerprint density at radius 2 is 1.38 bits per heavy atom. The molecule has 0 bridgehead atoms. The minimum Gasteiger partial charge on any atom is -0.333 e. The molecule has 1 aromatic carbocycles. The Bertz CT molecular complexity index is 577. The van der Waals surface area contributed by atoms with E-state index in [4.69, 9.17) is 11.6 Å². The van der Waals surface area contributed by atoms with Crippen molar-refractivity contribution in [1.29, 1.82) is 0 Å². The van der Waals surface area contributed by atoms with Crippen LogP contribution in [0.25, 0.3) is 0 Å². The second-order valence-corrected chi connectivity index (χ2v) is 7.43. The summed E-state index contributed by atoms with van der Waals surface area (Å²) in [4.78, 5) is 15.0. The van der Waals surface area contributed by atoms with E-state index in [2.05, 4.69) is 0 Å². The van der Waals surface area contributed by atoms with Gasteiger partial charge in [-0.05, 0) is 37.8 Å². The molecule has 132 valence electrons. The van der Waals surface area contributed by atoms with Gasteiger partial charge in [-0.3, -0.25) is 4.79 Å². The summed E-state index contributed by atoms with van der Waals surface area (Å²) in [6.07, 6.45) is 10.6. The highest BCUT2D eigenvalue weighted by molar-refractivity contribution is 6.30. The van der Waals surface area contributed by atoms with Gasteiger partial charge in [-0.15, -0.1) is 0 Å². The number of hydrogen-bond acceptors (Lipinski definition) is 1. The quantitative estimate of drug-likeness (QED) is 0.634. The summed E-state index contributed by atoms with van der Waals surface area (Å²) in [6.45, 7) is 0. The number of carbonyl (C=O) groups is 1. The molecule has 2 fully saturated rings. The standard InChI is InChI=1S/C19H24ClF2NO/c20-16-12-11-15(17(21)18(16)22)19(24)23(13-7-3-1-4-8-13)14-9-5-2-6-10-14/h11-14H,1-10H2. The Morgan fingerprint density at radius 1 is 0.875 bits per heavy atom. The van der Waals surface area contributed by atoms with Gasteiger partial charge in [0.1, 0.15) is 0 Å². The van der Waals surface area contributed by atoms with Crippen LogP contribution >= 0.6 is 11.6 Å². The lowest BCUT2D eigenvalue weighted by molar-refractivity contribution is 0.0443. The van der Waals surface area contributed by atoms with Crippen LogP contribution in [0, 0.1) is 11.6 Å². The SMILES string of the molecule is O=C(c1ccc(Cl)c(F)c1F)N(C1CCCCC1)C1CCCCC1. The maximum Gasteiger partial charge on any atom is 0.257 e. The normalized spacial score (nSPS) is 20.1. The lowest BCUT2D eigenvalue weighted by Crippen LogP contribution is -2.49. The molecule has 0 unspecified atom stereocenters. The van der Waals surface area contributed by atoms with Crippen molar-refractivity contribution in [3.8, 4) is 0 Å². The molecule has 5 heteroatoms. The van der Waals surface area contributed by atoms with Gasteiger partial charge in [-0.25, -0.2) is 8.78 Å². The van der Waals surface area contributed by atoms with Gasteiger partial charge in [0.25, 0.3) is 5.91 Å². The van der Waals surface area contributed by atoms with Gasteiger partial charge in [-0.1, -0.05) is 50.1 Å². The van der Waals surface area contributed by atoms with Gasteiger partial charge < -0.3 is 4.90 Å². The molecule has 2 saturated carbocycles. The average molecular weight is 356 g/mol. The molecule has 2 nitrogen and oxygen atoms in total. The molecule has 3 rings (SSSR count). The molecule has 2 aliphatic rings. The van der Waals surface area contributed by atoms with E-state index in [0.29, 0.717) is 0 Å². The third-order valence-corrected chi connectivity index (χ3v) is 5.73. The number of rotatable bonds is 3. The molecular formula is C19H24ClF2NO. The summed E-state index contributed by atoms with van der Waals surface area (Å²) in [7, 11) is 0. The van der Waals surface area contributed by atoms with Crippen molar-refractivity contribution in [2.75, 3.05) is 0 Å². The van der Waals surface area contributed by atoms with E-state index in [9.17, 15) is 13.6 Å². The summed E-state index contributed by atoms with van der Waals surface area (Å²) in [5.41, 5.74) is -0.187. The number of halogens is 3. The average Bonchev–Trinajstić information content (AvgIpc) is 2.62. The topological polar surface area (TPSA) is 20.3 Å². The fourth-order valence-electron chi connectivity index (χ4n) is 4.18. The van der Waals surface area contributed by atoms with Gasteiger partial charge in [0.05, 0.1) is 10.6 Å². The summed E-state index contributed by atoms with van der Waals surface area (Å²) >= 11 is 5.63. The molecule has 0 heterocycles. The fraction of sp³-hybridized carbons (Fsp3) is 0.632. The summed E-state index contributed by atoms with van der Waals surface area (Å²) in [6, 6.07) is 2.88. The molecule has 0 spiro atoms. The lowest BCUT2D eigenvalue weighted by atomic mass is 9.88. The first-order valence-electron chi connectivity index (χ1n) is 9.05. The zero-order valence-corrected chi connectivity index (χ0v) is 14.6. The van der Waals surface area contributed by atoms with E-state index in [1.54, 1.807) is 0 Å². The number of amides is 1. The molecule has 0 radical (unpaired) electrons. The van der Waals surface area contributed by atoms with E-state index in [1.165, 1.54) is 25.0 Å². The van der Waals surface area contributed by atoms with Gasteiger partial charge in [0, 0.05) is 12.1 Å². The second kappa shape index (κ2) is 7.81. The van der Waals surface area contributed by atoms with Crippen LogP contribution in [-0.4, -0.2) is 22.9 Å². The predicted octanol–water partition coefficient (Wildman–Crippen LogP) is 5.73. The fourth-order valence-corrected chi connectivity index (χ4v) is 4.32. The summed E-state index contributed by atoms with van der Waals surface area (Å²) in [5.74, 6) is -2.62. The van der Waals surface area contributed by atoms with E-state index in [-0.39, 0.29) is 28.6 Å². The monoisotopic (exact) mass is 355 g/mol. The Kier molecular flexibility index (Phi) is 5.75. The third-order valence-electron chi connectivity index (χ3n) is 5.44. The van der Waals surface area contributed by atoms with Crippen molar-refractivity contribution >= 4 is 17.5 Å². The lowest BCUT2D eigenvalue weighted by Gasteiger charge is -2.42. The second-order valence-electron chi connectivity index (χ2n) is 7.02. The van der Waals surface area contributed by atoms with Crippen LogP contribution in [-0.2, 0) is 0 Å². The van der Waals surface area contributed by atoms with E-state index in [0.717, 1.165) is 51.4 Å². The zero-order valence-electron chi connectivity index (χ0n) is 13.9. The first-order chi connectivity index (χ1) is 11.6. The van der Waals surface area contributed by atoms with Crippen LogP contribution in [0.15, 0.2) is 12.1 Å². The summed E-state index contributed by atoms with van der Waals surface area (Å²) < 4.78 is 28.1. The first-order valence-corrected chi connectivity index (χ1v) is 9.43. The summed E-state index contributed by atoms with van der Waals surface area (Å²) in [5, 5.41) is -0.286. The maximum absolute atomic E-state index is 14.3. The van der Waals surface area contributed by atoms with E-state index in [1.807, 2.05) is 4.90 Å². The van der Waals surface area contributed by atoms with E-state index >= 15 is 0 Å². The Morgan fingerprint density at radius 3 is 1.88 bits per heavy atom. The van der Waals surface area contributed by atoms with E-state index < -0.39 is 11.6 Å². The minimum atomic E-state index is -1.13. The molecule has 1 aromatic rings. The smallest absolute Gasteiger partial charge is 0.257 e. The molecule has 2 aliphatic carbocycles. The van der Waals surface area contributed by atoms with Crippen molar-refractivity contribution in [3.05, 3.63) is 34.4 Å². The number of hydrogen-bond donors (Lipinski definition) is 0. The van der Waals surface area contributed by atoms with Crippen molar-refractivity contribution in [3.63, 3.8) is 0 Å². The van der Waals surface area contributed by atoms with Gasteiger partial charge in [0.2, 0.25) is 0 Å². The Hall–Kier alpha value is -1.16. The van der Waals surface area contributed by atoms with Crippen molar-refractivity contribution in [1.82, 2.24) is 4.90 Å². The number of carbonyl (C=O) groups excluding carboxylic acids is 1. The van der Waals surface area contributed by atoms with Crippen LogP contribution in [0.2, 0.25) is 5.02 Å². The maximum atomic E-state index is 14.3. The molecule has 1 amide bonds. The first kappa shape index (κ1) is 17.7. The largest absolute Gasteiger partial charge is 0.333 e. The van der Waals surface area contributed by atoms with Crippen LogP contribution < -0.4 is 0 Å². The Balaban J connectivity index is 1.91. The highest BCUT2D eigenvalue weighted by Crippen LogP contribution is 2.32. The molecule has 0 aromatic heterocycles. The van der Waals surface area contributed by atoms with Crippen molar-refractivity contribution in [2.45, 2.75) is 76.3 Å². The molecule has 0 saturated heterocycles. The highest BCUT2D eigenvalue weighted by atomic mass is 35.5. The van der Waals surface area contributed by atoms with Crippen LogP contribution in [0.1, 0.15) is 74.6 Å². The molecule has 24 heavy (non-hydrogen) atoms. The van der Waals surface area contributed by atoms with Crippen LogP contribution in [0.3, 0.4) is 0 Å². The van der Waals surface area contributed by atoms with Gasteiger partial charge in [-0.2, -0.15) is 0 Å². The number of nitrogens with zero attached hydrogens (tertiary/aromatic N) is 1. The van der Waals surface area contributed by atoms with Gasteiger partial charge >= 0.3 is 0 Å². The minimum absolute atomic E-state index is 0.146. The van der Waals surface area contributed by atoms with Crippen molar-refractivity contribution < 1.29 is 13.6 Å². The van der Waals surface area contributed by atoms with Crippen molar-refractivity contribution in [2.24, 2.45) is 0 Å². The molecule has 0 N–H and O–H groups in total. The predicted molar refractivity (Wildman–Crippen MR) is 91.3 cm³/mol. The van der Waals surface area contributed by atoms with Gasteiger partial charge in [0.15, 0.2) is 11.6 Å². The van der Waals surface area contributed by atoms with Crippen LogP contribution in [0.5, 0.6) is 0 Å². The third kappa shape index (κ3) is 3.58. The number of benzene rings is 1. The highest BCUT2D eigenvalue weighted by Gasteiger charge is 2.34. The van der Waals surface area contributed by atoms with Crippen LogP contribution in [0.4, 0.5) is 8.78 Å².